The fourth-order valence-corrected chi connectivity index (χ4v) is 3.48. The summed E-state index contributed by atoms with van der Waals surface area (Å²) >= 11 is 0. The number of rotatable bonds is 4. The van der Waals surface area contributed by atoms with E-state index in [2.05, 4.69) is 4.98 Å². The molecule has 3 rings (SSSR count). The van der Waals surface area contributed by atoms with Crippen LogP contribution in [0.2, 0.25) is 0 Å². The molecule has 23 heavy (non-hydrogen) atoms. The highest BCUT2D eigenvalue weighted by Gasteiger charge is 2.69. The van der Waals surface area contributed by atoms with E-state index in [1.807, 2.05) is 0 Å². The lowest BCUT2D eigenvalue weighted by molar-refractivity contribution is -0.185. The van der Waals surface area contributed by atoms with Gasteiger partial charge in [-0.1, -0.05) is 0 Å². The first-order valence-corrected chi connectivity index (χ1v) is 7.19. The molecule has 3 heterocycles. The molecule has 1 aromatic rings. The van der Waals surface area contributed by atoms with Crippen LogP contribution >= 0.6 is 0 Å². The molecular formula is C14H20N4O5. The van der Waals surface area contributed by atoms with Crippen LogP contribution in [-0.2, 0) is 19.0 Å². The molecule has 2 aliphatic heterocycles. The van der Waals surface area contributed by atoms with Crippen LogP contribution in [0.1, 0.15) is 11.8 Å². The van der Waals surface area contributed by atoms with Crippen LogP contribution in [0.25, 0.3) is 0 Å². The highest BCUT2D eigenvalue weighted by Crippen LogP contribution is 2.47. The van der Waals surface area contributed by atoms with E-state index in [0.717, 1.165) is 0 Å². The molecule has 1 amide bonds. The number of aryl methyl sites for hydroxylation is 1. The van der Waals surface area contributed by atoms with Crippen molar-refractivity contribution >= 4 is 11.7 Å². The van der Waals surface area contributed by atoms with Gasteiger partial charge in [0.1, 0.15) is 18.0 Å². The number of carbonyl (C=O) groups excluding carboxylic acids is 1. The molecule has 2 fully saturated rings. The van der Waals surface area contributed by atoms with Gasteiger partial charge in [-0.2, -0.15) is 4.98 Å². The zero-order chi connectivity index (χ0) is 16.9. The Morgan fingerprint density at radius 1 is 1.43 bits per heavy atom. The quantitative estimate of drug-likeness (QED) is 0.749. The van der Waals surface area contributed by atoms with Crippen molar-refractivity contribution < 1.29 is 19.0 Å². The summed E-state index contributed by atoms with van der Waals surface area (Å²) in [6, 6.07) is -0.454. The molecule has 0 radical (unpaired) electrons. The molecule has 0 aliphatic carbocycles. The monoisotopic (exact) mass is 324 g/mol. The summed E-state index contributed by atoms with van der Waals surface area (Å²) in [7, 11) is 4.66. The number of amides is 1. The van der Waals surface area contributed by atoms with Crippen molar-refractivity contribution in [3.63, 3.8) is 0 Å². The van der Waals surface area contributed by atoms with E-state index in [9.17, 15) is 9.59 Å². The van der Waals surface area contributed by atoms with Gasteiger partial charge in [0.15, 0.2) is 11.8 Å². The van der Waals surface area contributed by atoms with Gasteiger partial charge in [0.2, 0.25) is 0 Å². The summed E-state index contributed by atoms with van der Waals surface area (Å²) in [5.74, 6) is -0.0469. The fourth-order valence-electron chi connectivity index (χ4n) is 3.48. The van der Waals surface area contributed by atoms with Crippen molar-refractivity contribution in [1.29, 1.82) is 0 Å². The van der Waals surface area contributed by atoms with Gasteiger partial charge in [-0.05, 0) is 6.92 Å². The number of hydrogen-bond acceptors (Lipinski definition) is 7. The number of nitrogens with two attached hydrogens (primary N) is 1. The van der Waals surface area contributed by atoms with Crippen LogP contribution in [-0.4, -0.2) is 66.0 Å². The second kappa shape index (κ2) is 5.29. The largest absolute Gasteiger partial charge is 0.383 e. The fraction of sp³-hybridized carbons (Fsp3) is 0.643. The van der Waals surface area contributed by atoms with Gasteiger partial charge in [-0.15, -0.1) is 0 Å². The van der Waals surface area contributed by atoms with Gasteiger partial charge in [-0.3, -0.25) is 9.36 Å². The third-order valence-electron chi connectivity index (χ3n) is 4.58. The molecule has 126 valence electrons. The van der Waals surface area contributed by atoms with E-state index in [0.29, 0.717) is 5.56 Å². The van der Waals surface area contributed by atoms with E-state index >= 15 is 0 Å². The maximum Gasteiger partial charge on any atom is 0.351 e. The second-order valence-electron chi connectivity index (χ2n) is 5.89. The third kappa shape index (κ3) is 2.00. The van der Waals surface area contributed by atoms with Crippen molar-refractivity contribution in [2.75, 3.05) is 33.6 Å². The zero-order valence-corrected chi connectivity index (χ0v) is 13.5. The number of anilines is 1. The predicted molar refractivity (Wildman–Crippen MR) is 79.7 cm³/mol. The Hall–Kier alpha value is -1.97. The maximum absolute atomic E-state index is 12.5. The van der Waals surface area contributed by atoms with Crippen LogP contribution in [0.3, 0.4) is 0 Å². The molecule has 2 unspecified atom stereocenters. The Morgan fingerprint density at radius 3 is 2.74 bits per heavy atom. The summed E-state index contributed by atoms with van der Waals surface area (Å²) in [6.07, 6.45) is 0.327. The maximum atomic E-state index is 12.5. The van der Waals surface area contributed by atoms with Gasteiger partial charge in [0, 0.05) is 33.0 Å². The molecule has 2 bridgehead atoms. The Labute approximate surface area is 132 Å². The van der Waals surface area contributed by atoms with Gasteiger partial charge in [0.05, 0.1) is 6.61 Å². The molecule has 1 aromatic heterocycles. The van der Waals surface area contributed by atoms with Gasteiger partial charge < -0.3 is 24.8 Å². The average molecular weight is 324 g/mol. The van der Waals surface area contributed by atoms with Crippen LogP contribution in [0.4, 0.5) is 5.82 Å². The number of likely N-dealkylation sites (tertiary alicyclic amines) is 1. The Balaban J connectivity index is 2.09. The minimum atomic E-state index is -1.26. The first-order valence-electron chi connectivity index (χ1n) is 7.19. The summed E-state index contributed by atoms with van der Waals surface area (Å²) in [5, 5.41) is 0. The van der Waals surface area contributed by atoms with Crippen LogP contribution < -0.4 is 11.4 Å². The molecule has 0 saturated carbocycles. The summed E-state index contributed by atoms with van der Waals surface area (Å²) < 4.78 is 18.0. The molecule has 2 aliphatic rings. The minimum absolute atomic E-state index is 0.0395. The van der Waals surface area contributed by atoms with Gasteiger partial charge in [-0.25, -0.2) is 4.79 Å². The first kappa shape index (κ1) is 15.9. The average Bonchev–Trinajstić information content (AvgIpc) is 2.93. The molecule has 2 N–H and O–H groups in total. The standard InChI is InChI=1S/C14H20N4O5/c1-7-5-18(13(20)16-10(7)15)11-8-9(22-4)14(23-11,6-21-3)12(19)17(8)2/h5,8-9,11H,6H2,1-4H3,(H2,15,16,20)/t8?,9?,11-,14-/m1/s1. The van der Waals surface area contributed by atoms with Gasteiger partial charge in [0.25, 0.3) is 5.91 Å². The van der Waals surface area contributed by atoms with Gasteiger partial charge >= 0.3 is 5.69 Å². The van der Waals surface area contributed by atoms with Crippen molar-refractivity contribution in [3.8, 4) is 0 Å². The Kier molecular flexibility index (Phi) is 3.66. The number of hydrogen-bond donors (Lipinski definition) is 1. The lowest BCUT2D eigenvalue weighted by atomic mass is 9.99. The third-order valence-corrected chi connectivity index (χ3v) is 4.58. The first-order chi connectivity index (χ1) is 10.9. The Morgan fingerprint density at radius 2 is 2.13 bits per heavy atom. The van der Waals surface area contributed by atoms with Crippen molar-refractivity contribution in [2.45, 2.75) is 30.9 Å². The molecule has 4 atom stereocenters. The van der Waals surface area contributed by atoms with E-state index in [-0.39, 0.29) is 18.3 Å². The number of nitrogen functional groups attached to an aromatic ring is 1. The minimum Gasteiger partial charge on any atom is -0.383 e. The number of nitrogens with zero attached hydrogens (tertiary/aromatic N) is 3. The number of morpholine rings is 1. The lowest BCUT2D eigenvalue weighted by Gasteiger charge is -2.34. The van der Waals surface area contributed by atoms with E-state index < -0.39 is 29.7 Å². The number of aromatic nitrogens is 2. The number of carbonyl (C=O) groups is 1. The number of ether oxygens (including phenoxy) is 3. The smallest absolute Gasteiger partial charge is 0.351 e. The SMILES string of the molecule is COC[C@@]12O[C@@H](n3cc(C)c(N)nc3=O)C(C1OC)N(C)C2=O. The normalized spacial score (nSPS) is 32.8. The second-order valence-corrected chi connectivity index (χ2v) is 5.89. The van der Waals surface area contributed by atoms with Crippen LogP contribution in [0.15, 0.2) is 11.0 Å². The van der Waals surface area contributed by atoms with Crippen molar-refractivity contribution in [2.24, 2.45) is 0 Å². The topological polar surface area (TPSA) is 109 Å². The summed E-state index contributed by atoms with van der Waals surface area (Å²) in [5.41, 5.74) is 4.52. The molecule has 0 aromatic carbocycles. The molecule has 9 nitrogen and oxygen atoms in total. The van der Waals surface area contributed by atoms with Crippen molar-refractivity contribution in [1.82, 2.24) is 14.5 Å². The Bertz CT molecular complexity index is 705. The van der Waals surface area contributed by atoms with E-state index in [4.69, 9.17) is 19.9 Å². The number of methoxy groups -OCH3 is 2. The van der Waals surface area contributed by atoms with Crippen molar-refractivity contribution in [3.05, 3.63) is 22.2 Å². The molecular weight excluding hydrogens is 304 g/mol. The van der Waals surface area contributed by atoms with Crippen LogP contribution in [0.5, 0.6) is 0 Å². The van der Waals surface area contributed by atoms with Crippen LogP contribution in [0, 0.1) is 6.92 Å². The molecule has 2 saturated heterocycles. The number of fused-ring (bicyclic) bond motifs is 2. The summed E-state index contributed by atoms with van der Waals surface area (Å²) in [6.45, 7) is 1.79. The summed E-state index contributed by atoms with van der Waals surface area (Å²) in [4.78, 5) is 30.1. The highest BCUT2D eigenvalue weighted by atomic mass is 16.6. The molecule has 9 heteroatoms. The van der Waals surface area contributed by atoms with E-state index in [1.54, 1.807) is 25.1 Å². The highest BCUT2D eigenvalue weighted by molar-refractivity contribution is 5.90. The predicted octanol–water partition coefficient (Wildman–Crippen LogP) is -1.10. The molecule has 0 spiro atoms. The lowest BCUT2D eigenvalue weighted by Crippen LogP contribution is -2.53. The zero-order valence-electron chi connectivity index (χ0n) is 13.5. The number of likely N-dealkylation sites (N-methyl/N-ethyl adjacent to an activating group) is 1. The van der Waals surface area contributed by atoms with E-state index in [1.165, 1.54) is 18.8 Å².